The molecule has 19 heavy (non-hydrogen) atoms. The van der Waals surface area contributed by atoms with Gasteiger partial charge in [-0.25, -0.2) is 0 Å². The lowest BCUT2D eigenvalue weighted by Gasteiger charge is -2.47. The van der Waals surface area contributed by atoms with Gasteiger partial charge in [0.15, 0.2) is 0 Å². The molecular weight excluding hydrogens is 236 g/mol. The zero-order valence-electron chi connectivity index (χ0n) is 12.5. The maximum atomic E-state index is 12.3. The van der Waals surface area contributed by atoms with Gasteiger partial charge in [0, 0.05) is 18.3 Å². The summed E-state index contributed by atoms with van der Waals surface area (Å²) in [6, 6.07) is 0. The fourth-order valence-electron chi connectivity index (χ4n) is 3.69. The van der Waals surface area contributed by atoms with Crippen LogP contribution in [0.15, 0.2) is 23.0 Å². The minimum atomic E-state index is -0.239. The van der Waals surface area contributed by atoms with Crippen LogP contribution in [-0.4, -0.2) is 11.9 Å². The number of ketones is 1. The maximum absolute atomic E-state index is 12.3. The highest BCUT2D eigenvalue weighted by Crippen LogP contribution is 2.53. The van der Waals surface area contributed by atoms with Crippen LogP contribution in [0.25, 0.3) is 0 Å². The molecule has 0 aromatic rings. The maximum Gasteiger partial charge on any atom is 0.143 e. The number of carbonyl (C=O) groups is 1. The molecule has 0 spiro atoms. The highest BCUT2D eigenvalue weighted by atomic mass is 16.5. The van der Waals surface area contributed by atoms with Gasteiger partial charge in [-0.1, -0.05) is 19.9 Å². The molecule has 104 valence electrons. The summed E-state index contributed by atoms with van der Waals surface area (Å²) >= 11 is 0. The molecule has 0 bridgehead atoms. The third-order valence-corrected chi connectivity index (χ3v) is 5.50. The van der Waals surface area contributed by atoms with Gasteiger partial charge in [-0.2, -0.15) is 0 Å². The van der Waals surface area contributed by atoms with E-state index in [2.05, 4.69) is 33.8 Å². The number of hydrogen-bond donors (Lipinski definition) is 0. The molecule has 2 heteroatoms. The zero-order chi connectivity index (χ0) is 13.8. The van der Waals surface area contributed by atoms with E-state index in [9.17, 15) is 4.79 Å². The standard InChI is InChI=1S/C17H24O2/c1-11-16(2,3)10-12-13-6-5-7-15(18)17(13,4)9-8-14(12)19-11/h6,11H,5,7-10H2,1-4H3/t11-,17+/m0/s1. The molecule has 0 N–H and O–H groups in total. The summed E-state index contributed by atoms with van der Waals surface area (Å²) in [5, 5.41) is 0. The van der Waals surface area contributed by atoms with E-state index in [1.54, 1.807) is 0 Å². The van der Waals surface area contributed by atoms with E-state index in [-0.39, 0.29) is 16.9 Å². The van der Waals surface area contributed by atoms with E-state index >= 15 is 0 Å². The number of hydrogen-bond acceptors (Lipinski definition) is 2. The largest absolute Gasteiger partial charge is 0.494 e. The lowest BCUT2D eigenvalue weighted by Crippen LogP contribution is -2.42. The van der Waals surface area contributed by atoms with Crippen molar-refractivity contribution in [2.24, 2.45) is 10.8 Å². The van der Waals surface area contributed by atoms with Gasteiger partial charge in [0.05, 0.1) is 11.2 Å². The van der Waals surface area contributed by atoms with Crippen LogP contribution >= 0.6 is 0 Å². The first-order valence-electron chi connectivity index (χ1n) is 7.47. The normalized spacial score (nSPS) is 37.2. The van der Waals surface area contributed by atoms with Crippen molar-refractivity contribution in [3.8, 4) is 0 Å². The Balaban J connectivity index is 2.07. The minimum Gasteiger partial charge on any atom is -0.494 e. The van der Waals surface area contributed by atoms with Crippen molar-refractivity contribution < 1.29 is 9.53 Å². The summed E-state index contributed by atoms with van der Waals surface area (Å²) < 4.78 is 6.16. The summed E-state index contributed by atoms with van der Waals surface area (Å²) in [5.74, 6) is 1.58. The summed E-state index contributed by atoms with van der Waals surface area (Å²) in [5.41, 5.74) is 2.53. The van der Waals surface area contributed by atoms with Crippen LogP contribution in [0.5, 0.6) is 0 Å². The third-order valence-electron chi connectivity index (χ3n) is 5.50. The molecule has 0 unspecified atom stereocenters. The lowest BCUT2D eigenvalue weighted by molar-refractivity contribution is -0.127. The van der Waals surface area contributed by atoms with Crippen LogP contribution in [0.3, 0.4) is 0 Å². The molecule has 1 aliphatic heterocycles. The number of rotatable bonds is 0. The molecule has 2 nitrogen and oxygen atoms in total. The average molecular weight is 260 g/mol. The first kappa shape index (κ1) is 13.0. The van der Waals surface area contributed by atoms with Crippen molar-refractivity contribution in [2.75, 3.05) is 0 Å². The van der Waals surface area contributed by atoms with Gasteiger partial charge >= 0.3 is 0 Å². The second-order valence-electron chi connectivity index (χ2n) is 7.24. The van der Waals surface area contributed by atoms with E-state index in [0.29, 0.717) is 12.2 Å². The molecule has 0 aromatic heterocycles. The van der Waals surface area contributed by atoms with Gasteiger partial charge in [0.1, 0.15) is 11.9 Å². The van der Waals surface area contributed by atoms with E-state index in [0.717, 1.165) is 31.4 Å². The molecule has 0 amide bonds. The van der Waals surface area contributed by atoms with E-state index in [1.165, 1.54) is 11.1 Å². The number of carbonyl (C=O) groups excluding carboxylic acids is 1. The van der Waals surface area contributed by atoms with Crippen molar-refractivity contribution in [1.29, 1.82) is 0 Å². The highest BCUT2D eigenvalue weighted by Gasteiger charge is 2.47. The lowest BCUT2D eigenvalue weighted by atomic mass is 9.61. The van der Waals surface area contributed by atoms with E-state index in [4.69, 9.17) is 4.74 Å². The molecule has 3 aliphatic rings. The molecule has 1 heterocycles. The molecule has 3 rings (SSSR count). The van der Waals surface area contributed by atoms with Crippen LogP contribution in [-0.2, 0) is 9.53 Å². The van der Waals surface area contributed by atoms with E-state index < -0.39 is 0 Å². The van der Waals surface area contributed by atoms with Crippen LogP contribution in [0, 0.1) is 10.8 Å². The molecule has 2 aliphatic carbocycles. The first-order valence-corrected chi connectivity index (χ1v) is 7.47. The Bertz CT molecular complexity index is 495. The van der Waals surface area contributed by atoms with Gasteiger partial charge in [0.2, 0.25) is 0 Å². The highest BCUT2D eigenvalue weighted by molar-refractivity contribution is 5.90. The SMILES string of the molecule is C[C@@H]1OC2=C(CC1(C)C)C1=CCCC(=O)[C@]1(C)CC2. The van der Waals surface area contributed by atoms with Crippen molar-refractivity contribution in [1.82, 2.24) is 0 Å². The van der Waals surface area contributed by atoms with Gasteiger partial charge in [-0.3, -0.25) is 4.79 Å². The molecule has 0 radical (unpaired) electrons. The Hall–Kier alpha value is -1.05. The summed E-state index contributed by atoms with van der Waals surface area (Å²) in [6.07, 6.45) is 7.05. The number of Topliss-reactive ketones (excluding diaryl/α,β-unsaturated/α-hetero) is 1. The second-order valence-corrected chi connectivity index (χ2v) is 7.24. The van der Waals surface area contributed by atoms with Crippen molar-refractivity contribution in [3.05, 3.63) is 23.0 Å². The molecule has 0 saturated carbocycles. The van der Waals surface area contributed by atoms with Crippen molar-refractivity contribution >= 4 is 5.78 Å². The zero-order valence-corrected chi connectivity index (χ0v) is 12.5. The summed E-state index contributed by atoms with van der Waals surface area (Å²) in [4.78, 5) is 12.3. The number of allylic oxidation sites excluding steroid dienone is 4. The quantitative estimate of drug-likeness (QED) is 0.653. The van der Waals surface area contributed by atoms with Crippen LogP contribution in [0.1, 0.15) is 59.8 Å². The van der Waals surface area contributed by atoms with Gasteiger partial charge < -0.3 is 4.74 Å². The predicted molar refractivity (Wildman–Crippen MR) is 75.6 cm³/mol. The Labute approximate surface area is 115 Å². The van der Waals surface area contributed by atoms with Gasteiger partial charge in [-0.15, -0.1) is 0 Å². The van der Waals surface area contributed by atoms with Crippen LogP contribution < -0.4 is 0 Å². The number of ether oxygens (including phenoxy) is 1. The Morgan fingerprint density at radius 1 is 1.26 bits per heavy atom. The average Bonchev–Trinajstić information content (AvgIpc) is 2.33. The van der Waals surface area contributed by atoms with Crippen molar-refractivity contribution in [3.63, 3.8) is 0 Å². The van der Waals surface area contributed by atoms with E-state index in [1.807, 2.05) is 0 Å². The fraction of sp³-hybridized carbons (Fsp3) is 0.706. The minimum absolute atomic E-state index is 0.151. The molecule has 0 saturated heterocycles. The molecule has 2 atom stereocenters. The van der Waals surface area contributed by atoms with Gasteiger partial charge in [-0.05, 0) is 44.3 Å². The Morgan fingerprint density at radius 2 is 2.00 bits per heavy atom. The number of fused-ring (bicyclic) bond motifs is 2. The molecular formula is C17H24O2. The summed E-state index contributed by atoms with van der Waals surface area (Å²) in [7, 11) is 0. The predicted octanol–water partition coefficient (Wildman–Crippen LogP) is 4.16. The smallest absolute Gasteiger partial charge is 0.143 e. The monoisotopic (exact) mass is 260 g/mol. The first-order chi connectivity index (χ1) is 8.84. The Morgan fingerprint density at radius 3 is 2.74 bits per heavy atom. The fourth-order valence-corrected chi connectivity index (χ4v) is 3.69. The molecule has 0 aromatic carbocycles. The third kappa shape index (κ3) is 1.79. The van der Waals surface area contributed by atoms with Gasteiger partial charge in [0.25, 0.3) is 0 Å². The Kier molecular flexibility index (Phi) is 2.71. The molecule has 0 fully saturated rings. The van der Waals surface area contributed by atoms with Crippen molar-refractivity contribution in [2.45, 2.75) is 65.9 Å². The summed E-state index contributed by atoms with van der Waals surface area (Å²) in [6.45, 7) is 8.82. The second kappa shape index (κ2) is 3.97. The van der Waals surface area contributed by atoms with Crippen LogP contribution in [0.2, 0.25) is 0 Å². The van der Waals surface area contributed by atoms with Crippen LogP contribution in [0.4, 0.5) is 0 Å². The topological polar surface area (TPSA) is 26.3 Å².